The van der Waals surface area contributed by atoms with E-state index in [9.17, 15) is 0 Å². The number of rotatable bonds is 10. The molecule has 25 heavy (non-hydrogen) atoms. The van der Waals surface area contributed by atoms with Crippen LogP contribution in [0.15, 0.2) is 48.5 Å². The molecule has 0 aromatic heterocycles. The van der Waals surface area contributed by atoms with Crippen LogP contribution in [0.5, 0.6) is 11.5 Å². The van der Waals surface area contributed by atoms with Crippen LogP contribution in [-0.2, 0) is 13.1 Å². The molecule has 2 aromatic carbocycles. The minimum atomic E-state index is 0.889. The van der Waals surface area contributed by atoms with Gasteiger partial charge in [-0.05, 0) is 61.6 Å². The summed E-state index contributed by atoms with van der Waals surface area (Å²) in [4.78, 5) is 4.81. The summed E-state index contributed by atoms with van der Waals surface area (Å²) in [7, 11) is 0. The molecule has 136 valence electrons. The van der Waals surface area contributed by atoms with Crippen LogP contribution in [0.3, 0.4) is 0 Å². The molecule has 0 saturated carbocycles. The van der Waals surface area contributed by atoms with Gasteiger partial charge >= 0.3 is 0 Å². The van der Waals surface area contributed by atoms with Gasteiger partial charge in [0.05, 0.1) is 0 Å². The highest BCUT2D eigenvalue weighted by atomic mass is 16.5. The molecule has 0 bridgehead atoms. The minimum absolute atomic E-state index is 0.889. The number of hydrogen-bond donors (Lipinski definition) is 0. The van der Waals surface area contributed by atoms with E-state index in [0.29, 0.717) is 0 Å². The van der Waals surface area contributed by atoms with E-state index in [1.165, 1.54) is 11.1 Å². The first-order valence-corrected chi connectivity index (χ1v) is 9.48. The van der Waals surface area contributed by atoms with E-state index in [0.717, 1.165) is 50.8 Å². The van der Waals surface area contributed by atoms with Crippen molar-refractivity contribution in [1.29, 1.82) is 0 Å². The fourth-order valence-electron chi connectivity index (χ4n) is 2.87. The quantitative estimate of drug-likeness (QED) is 0.594. The van der Waals surface area contributed by atoms with E-state index < -0.39 is 0 Å². The van der Waals surface area contributed by atoms with Crippen molar-refractivity contribution in [3.63, 3.8) is 0 Å². The third-order valence-electron chi connectivity index (χ3n) is 4.68. The van der Waals surface area contributed by atoms with E-state index in [4.69, 9.17) is 4.74 Å². The zero-order valence-corrected chi connectivity index (χ0v) is 16.2. The van der Waals surface area contributed by atoms with Gasteiger partial charge in [0.25, 0.3) is 0 Å². The maximum atomic E-state index is 5.98. The summed E-state index contributed by atoms with van der Waals surface area (Å²) in [5.41, 5.74) is 2.65. The second kappa shape index (κ2) is 10.2. The van der Waals surface area contributed by atoms with E-state index in [1.54, 1.807) is 0 Å². The van der Waals surface area contributed by atoms with Gasteiger partial charge in [-0.1, -0.05) is 52.0 Å². The molecule has 3 heteroatoms. The van der Waals surface area contributed by atoms with E-state index >= 15 is 0 Å². The lowest BCUT2D eigenvalue weighted by Crippen LogP contribution is -2.22. The van der Waals surface area contributed by atoms with Crippen molar-refractivity contribution in [2.75, 3.05) is 26.2 Å². The molecule has 0 heterocycles. The van der Waals surface area contributed by atoms with Gasteiger partial charge in [0.1, 0.15) is 11.5 Å². The van der Waals surface area contributed by atoms with Crippen molar-refractivity contribution in [2.45, 2.75) is 40.8 Å². The Morgan fingerprint density at radius 2 is 0.880 bits per heavy atom. The average Bonchev–Trinajstić information content (AvgIpc) is 2.66. The smallest absolute Gasteiger partial charge is 0.127 e. The van der Waals surface area contributed by atoms with Gasteiger partial charge in [0, 0.05) is 13.1 Å². The highest BCUT2D eigenvalue weighted by Crippen LogP contribution is 2.23. The van der Waals surface area contributed by atoms with Gasteiger partial charge in [-0.25, -0.2) is 0 Å². The van der Waals surface area contributed by atoms with Crippen LogP contribution in [0.25, 0.3) is 0 Å². The number of hydrogen-bond acceptors (Lipinski definition) is 3. The highest BCUT2D eigenvalue weighted by molar-refractivity contribution is 5.34. The maximum absolute atomic E-state index is 5.98. The molecule has 0 aliphatic heterocycles. The van der Waals surface area contributed by atoms with E-state index in [-0.39, 0.29) is 0 Å². The molecule has 0 saturated heterocycles. The Morgan fingerprint density at radius 1 is 0.560 bits per heavy atom. The second-order valence-corrected chi connectivity index (χ2v) is 6.31. The van der Waals surface area contributed by atoms with Crippen molar-refractivity contribution in [2.24, 2.45) is 0 Å². The first kappa shape index (κ1) is 19.5. The van der Waals surface area contributed by atoms with E-state index in [1.807, 2.05) is 0 Å². The Bertz CT molecular complexity index is 543. The van der Waals surface area contributed by atoms with Crippen LogP contribution < -0.4 is 4.74 Å². The van der Waals surface area contributed by atoms with Gasteiger partial charge < -0.3 is 4.74 Å². The van der Waals surface area contributed by atoms with Crippen LogP contribution in [0.1, 0.15) is 38.8 Å². The monoisotopic (exact) mass is 340 g/mol. The zero-order chi connectivity index (χ0) is 18.1. The van der Waals surface area contributed by atoms with Crippen LogP contribution in [0, 0.1) is 0 Å². The van der Waals surface area contributed by atoms with Crippen molar-refractivity contribution in [3.05, 3.63) is 59.7 Å². The summed E-state index contributed by atoms with van der Waals surface area (Å²) in [6, 6.07) is 16.9. The van der Waals surface area contributed by atoms with Crippen LogP contribution in [-0.4, -0.2) is 36.0 Å². The number of benzene rings is 2. The molecule has 0 radical (unpaired) electrons. The third kappa shape index (κ3) is 6.18. The molecule has 0 N–H and O–H groups in total. The fraction of sp³-hybridized carbons (Fsp3) is 0.455. The molecule has 0 spiro atoms. The molecular formula is C22H32N2O. The molecule has 2 aromatic rings. The van der Waals surface area contributed by atoms with Crippen molar-refractivity contribution in [1.82, 2.24) is 9.80 Å². The largest absolute Gasteiger partial charge is 0.457 e. The van der Waals surface area contributed by atoms with Gasteiger partial charge in [-0.15, -0.1) is 0 Å². The summed E-state index contributed by atoms with van der Waals surface area (Å²) in [5.74, 6) is 1.78. The molecule has 2 rings (SSSR count). The minimum Gasteiger partial charge on any atom is -0.457 e. The summed E-state index contributed by atoms with van der Waals surface area (Å²) in [6.07, 6.45) is 0. The summed E-state index contributed by atoms with van der Waals surface area (Å²) >= 11 is 0. The Kier molecular flexibility index (Phi) is 7.96. The van der Waals surface area contributed by atoms with Crippen molar-refractivity contribution < 1.29 is 4.74 Å². The molecule has 0 aliphatic rings. The predicted molar refractivity (Wildman–Crippen MR) is 106 cm³/mol. The standard InChI is InChI=1S/C22H32N2O/c1-5-23(6-2)17-19-9-13-21(14-10-19)25-22-15-11-20(12-16-22)18-24(7-3)8-4/h9-16H,5-8,17-18H2,1-4H3. The molecule has 0 fully saturated rings. The SMILES string of the molecule is CCN(CC)Cc1ccc(Oc2ccc(CN(CC)CC)cc2)cc1. The van der Waals surface area contributed by atoms with Gasteiger partial charge in [0.15, 0.2) is 0 Å². The van der Waals surface area contributed by atoms with Crippen molar-refractivity contribution in [3.8, 4) is 11.5 Å². The summed E-state index contributed by atoms with van der Waals surface area (Å²) in [5, 5.41) is 0. The lowest BCUT2D eigenvalue weighted by atomic mass is 10.2. The molecular weight excluding hydrogens is 308 g/mol. The first-order chi connectivity index (χ1) is 12.2. The molecule has 0 aliphatic carbocycles. The van der Waals surface area contributed by atoms with Crippen LogP contribution in [0.4, 0.5) is 0 Å². The predicted octanol–water partition coefficient (Wildman–Crippen LogP) is 5.16. The van der Waals surface area contributed by atoms with E-state index in [2.05, 4.69) is 86.0 Å². The molecule has 0 amide bonds. The second-order valence-electron chi connectivity index (χ2n) is 6.31. The highest BCUT2D eigenvalue weighted by Gasteiger charge is 2.04. The molecule has 0 atom stereocenters. The Morgan fingerprint density at radius 3 is 1.16 bits per heavy atom. The van der Waals surface area contributed by atoms with Crippen LogP contribution >= 0.6 is 0 Å². The Balaban J connectivity index is 1.93. The van der Waals surface area contributed by atoms with Gasteiger partial charge in [-0.3, -0.25) is 9.80 Å². The Hall–Kier alpha value is -1.84. The average molecular weight is 341 g/mol. The molecule has 3 nitrogen and oxygen atoms in total. The van der Waals surface area contributed by atoms with Gasteiger partial charge in [0.2, 0.25) is 0 Å². The lowest BCUT2D eigenvalue weighted by molar-refractivity contribution is 0.295. The normalized spacial score (nSPS) is 11.3. The maximum Gasteiger partial charge on any atom is 0.127 e. The van der Waals surface area contributed by atoms with Crippen LogP contribution in [0.2, 0.25) is 0 Å². The van der Waals surface area contributed by atoms with Gasteiger partial charge in [-0.2, -0.15) is 0 Å². The third-order valence-corrected chi connectivity index (χ3v) is 4.68. The topological polar surface area (TPSA) is 15.7 Å². The fourth-order valence-corrected chi connectivity index (χ4v) is 2.87. The molecule has 0 unspecified atom stereocenters. The first-order valence-electron chi connectivity index (χ1n) is 9.48. The number of nitrogens with zero attached hydrogens (tertiary/aromatic N) is 2. The van der Waals surface area contributed by atoms with Crippen molar-refractivity contribution >= 4 is 0 Å². The zero-order valence-electron chi connectivity index (χ0n) is 16.2. The number of ether oxygens (including phenoxy) is 1. The Labute approximate surface area is 153 Å². The lowest BCUT2D eigenvalue weighted by Gasteiger charge is -2.18. The summed E-state index contributed by atoms with van der Waals surface area (Å²) in [6.45, 7) is 15.1. The summed E-state index contributed by atoms with van der Waals surface area (Å²) < 4.78 is 5.98.